The zero-order valence-corrected chi connectivity index (χ0v) is 13.6. The minimum absolute atomic E-state index is 0.00264. The Morgan fingerprint density at radius 1 is 1.30 bits per heavy atom. The van der Waals surface area contributed by atoms with Crippen molar-refractivity contribution in [1.29, 1.82) is 0 Å². The SMILES string of the molecule is CCCCC(CCC)NC(=O)C1(C(N)=S)CCOCC1. The van der Waals surface area contributed by atoms with Crippen molar-refractivity contribution in [3.63, 3.8) is 0 Å². The van der Waals surface area contributed by atoms with Crippen LogP contribution in [0.25, 0.3) is 0 Å². The Hall–Kier alpha value is -0.680. The fourth-order valence-electron chi connectivity index (χ4n) is 2.72. The topological polar surface area (TPSA) is 64.4 Å². The molecule has 0 aromatic carbocycles. The summed E-state index contributed by atoms with van der Waals surface area (Å²) in [4.78, 5) is 13.0. The van der Waals surface area contributed by atoms with Gasteiger partial charge in [-0.15, -0.1) is 0 Å². The van der Waals surface area contributed by atoms with Gasteiger partial charge in [-0.2, -0.15) is 0 Å². The van der Waals surface area contributed by atoms with E-state index in [9.17, 15) is 4.79 Å². The van der Waals surface area contributed by atoms with E-state index in [1.54, 1.807) is 0 Å². The standard InChI is InChI=1S/C15H28N2O2S/c1-3-5-7-12(6-4-2)17-14(18)15(13(16)20)8-10-19-11-9-15/h12H,3-11H2,1-2H3,(H2,16,20)(H,17,18). The number of nitrogens with two attached hydrogens (primary N) is 1. The molecule has 0 bridgehead atoms. The van der Waals surface area contributed by atoms with Crippen molar-refractivity contribution in [2.45, 2.75) is 64.8 Å². The third-order valence-corrected chi connectivity index (χ3v) is 4.52. The summed E-state index contributed by atoms with van der Waals surface area (Å²) >= 11 is 5.17. The second-order valence-corrected chi connectivity index (χ2v) is 6.10. The van der Waals surface area contributed by atoms with Crippen molar-refractivity contribution in [1.82, 2.24) is 5.32 Å². The van der Waals surface area contributed by atoms with Crippen LogP contribution < -0.4 is 11.1 Å². The zero-order valence-electron chi connectivity index (χ0n) is 12.7. The molecule has 1 aliphatic rings. The second-order valence-electron chi connectivity index (χ2n) is 5.66. The number of hydrogen-bond donors (Lipinski definition) is 2. The molecule has 1 fully saturated rings. The van der Waals surface area contributed by atoms with Crippen LogP contribution in [0.3, 0.4) is 0 Å². The van der Waals surface area contributed by atoms with E-state index in [1.807, 2.05) is 0 Å². The van der Waals surface area contributed by atoms with Gasteiger partial charge in [-0.05, 0) is 25.7 Å². The van der Waals surface area contributed by atoms with E-state index in [-0.39, 0.29) is 11.9 Å². The molecule has 0 aliphatic carbocycles. The van der Waals surface area contributed by atoms with E-state index in [4.69, 9.17) is 22.7 Å². The fraction of sp³-hybridized carbons (Fsp3) is 0.867. The Kier molecular flexibility index (Phi) is 7.45. The lowest BCUT2D eigenvalue weighted by Crippen LogP contribution is -2.54. The summed E-state index contributed by atoms with van der Waals surface area (Å²) in [6.07, 6.45) is 6.58. The molecule has 1 heterocycles. The number of nitrogens with one attached hydrogen (secondary N) is 1. The van der Waals surface area contributed by atoms with E-state index in [1.165, 1.54) is 0 Å². The Balaban J connectivity index is 2.70. The molecule has 4 nitrogen and oxygen atoms in total. The van der Waals surface area contributed by atoms with Crippen LogP contribution in [0.15, 0.2) is 0 Å². The average molecular weight is 300 g/mol. The van der Waals surface area contributed by atoms with E-state index in [2.05, 4.69) is 19.2 Å². The van der Waals surface area contributed by atoms with Crippen molar-refractivity contribution in [2.75, 3.05) is 13.2 Å². The quantitative estimate of drug-likeness (QED) is 0.676. The molecule has 1 unspecified atom stereocenters. The molecule has 3 N–H and O–H groups in total. The van der Waals surface area contributed by atoms with Crippen LogP contribution in [-0.4, -0.2) is 30.2 Å². The number of hydrogen-bond acceptors (Lipinski definition) is 3. The highest BCUT2D eigenvalue weighted by molar-refractivity contribution is 7.80. The van der Waals surface area contributed by atoms with Gasteiger partial charge >= 0.3 is 0 Å². The summed E-state index contributed by atoms with van der Waals surface area (Å²) in [5.41, 5.74) is 5.17. The molecule has 1 amide bonds. The summed E-state index contributed by atoms with van der Waals surface area (Å²) in [5, 5.41) is 3.18. The second kappa shape index (κ2) is 8.57. The van der Waals surface area contributed by atoms with Gasteiger partial charge in [0.2, 0.25) is 5.91 Å². The lowest BCUT2D eigenvalue weighted by atomic mass is 9.79. The molecule has 20 heavy (non-hydrogen) atoms. The first-order valence-corrected chi connectivity index (χ1v) is 8.16. The van der Waals surface area contributed by atoms with Crippen molar-refractivity contribution in [3.8, 4) is 0 Å². The highest BCUT2D eigenvalue weighted by Gasteiger charge is 2.43. The predicted molar refractivity (Wildman–Crippen MR) is 85.6 cm³/mol. The van der Waals surface area contributed by atoms with Crippen LogP contribution in [0.1, 0.15) is 58.8 Å². The first-order chi connectivity index (χ1) is 9.56. The first-order valence-electron chi connectivity index (χ1n) is 7.75. The lowest BCUT2D eigenvalue weighted by Gasteiger charge is -2.36. The van der Waals surface area contributed by atoms with Crippen molar-refractivity contribution in [2.24, 2.45) is 11.1 Å². The lowest BCUT2D eigenvalue weighted by molar-refractivity contribution is -0.132. The molecular weight excluding hydrogens is 272 g/mol. The maximum atomic E-state index is 12.7. The van der Waals surface area contributed by atoms with Gasteiger partial charge in [-0.25, -0.2) is 0 Å². The van der Waals surface area contributed by atoms with Gasteiger partial charge in [0.25, 0.3) is 0 Å². The highest BCUT2D eigenvalue weighted by Crippen LogP contribution is 2.31. The third-order valence-electron chi connectivity index (χ3n) is 4.13. The van der Waals surface area contributed by atoms with Crippen molar-refractivity contribution in [3.05, 3.63) is 0 Å². The number of thiocarbonyl (C=S) groups is 1. The summed E-state index contributed by atoms with van der Waals surface area (Å²) in [7, 11) is 0. The van der Waals surface area contributed by atoms with Crippen LogP contribution in [0.5, 0.6) is 0 Å². The van der Waals surface area contributed by atoms with E-state index < -0.39 is 5.41 Å². The molecule has 1 atom stereocenters. The predicted octanol–water partition coefficient (Wildman–Crippen LogP) is 2.54. The van der Waals surface area contributed by atoms with Gasteiger partial charge in [-0.1, -0.05) is 45.3 Å². The van der Waals surface area contributed by atoms with Crippen LogP contribution in [-0.2, 0) is 9.53 Å². The molecule has 1 saturated heterocycles. The molecular formula is C15H28N2O2S. The molecule has 0 spiro atoms. The number of ether oxygens (including phenoxy) is 1. The van der Waals surface area contributed by atoms with Crippen molar-refractivity contribution >= 4 is 23.1 Å². The summed E-state index contributed by atoms with van der Waals surface area (Å²) in [5.74, 6) is 0.00264. The van der Waals surface area contributed by atoms with Crippen LogP contribution in [0.2, 0.25) is 0 Å². The molecule has 116 valence electrons. The van der Waals surface area contributed by atoms with Gasteiger partial charge in [0.05, 0.1) is 4.99 Å². The van der Waals surface area contributed by atoms with Gasteiger partial charge in [-0.3, -0.25) is 4.79 Å². The highest BCUT2D eigenvalue weighted by atomic mass is 32.1. The molecule has 0 aromatic heterocycles. The van der Waals surface area contributed by atoms with Crippen LogP contribution in [0, 0.1) is 5.41 Å². The zero-order chi connectivity index (χ0) is 15.0. The smallest absolute Gasteiger partial charge is 0.233 e. The fourth-order valence-corrected chi connectivity index (χ4v) is 3.01. The van der Waals surface area contributed by atoms with Gasteiger partial charge in [0.15, 0.2) is 0 Å². The Morgan fingerprint density at radius 2 is 1.95 bits per heavy atom. The van der Waals surface area contributed by atoms with Gasteiger partial charge in [0.1, 0.15) is 5.41 Å². The molecule has 0 aromatic rings. The monoisotopic (exact) mass is 300 g/mol. The van der Waals surface area contributed by atoms with E-state index in [0.717, 1.165) is 32.1 Å². The molecule has 5 heteroatoms. The Labute approximate surface area is 127 Å². The summed E-state index contributed by atoms with van der Waals surface area (Å²) in [6, 6.07) is 0.238. The van der Waals surface area contributed by atoms with E-state index >= 15 is 0 Å². The summed E-state index contributed by atoms with van der Waals surface area (Å²) < 4.78 is 5.35. The Morgan fingerprint density at radius 3 is 2.45 bits per heavy atom. The number of rotatable bonds is 8. The van der Waals surface area contributed by atoms with Crippen molar-refractivity contribution < 1.29 is 9.53 Å². The normalized spacial score (nSPS) is 19.3. The van der Waals surface area contributed by atoms with Crippen LogP contribution in [0.4, 0.5) is 0 Å². The largest absolute Gasteiger partial charge is 0.392 e. The average Bonchev–Trinajstić information content (AvgIpc) is 2.45. The van der Waals surface area contributed by atoms with E-state index in [0.29, 0.717) is 31.0 Å². The molecule has 0 saturated carbocycles. The number of carbonyl (C=O) groups is 1. The first kappa shape index (κ1) is 17.4. The van der Waals surface area contributed by atoms with Gasteiger partial charge < -0.3 is 15.8 Å². The third kappa shape index (κ3) is 4.42. The number of unbranched alkanes of at least 4 members (excludes halogenated alkanes) is 1. The minimum atomic E-state index is -0.703. The molecule has 0 radical (unpaired) electrons. The minimum Gasteiger partial charge on any atom is -0.392 e. The van der Waals surface area contributed by atoms with Crippen LogP contribution >= 0.6 is 12.2 Å². The van der Waals surface area contributed by atoms with Gasteiger partial charge in [0, 0.05) is 19.3 Å². The maximum absolute atomic E-state index is 12.7. The molecule has 1 rings (SSSR count). The number of amides is 1. The maximum Gasteiger partial charge on any atom is 0.233 e. The number of carbonyl (C=O) groups excluding carboxylic acids is 1. The Bertz CT molecular complexity index is 328. The summed E-state index contributed by atoms with van der Waals surface area (Å²) in [6.45, 7) is 5.42. The molecule has 1 aliphatic heterocycles.